The third-order valence-corrected chi connectivity index (χ3v) is 4.70. The van der Waals surface area contributed by atoms with Crippen molar-refractivity contribution in [3.05, 3.63) is 35.6 Å². The second-order valence-corrected chi connectivity index (χ2v) is 7.26. The lowest BCUT2D eigenvalue weighted by atomic mass is 10.0. The Morgan fingerprint density at radius 2 is 2.07 bits per heavy atom. The lowest BCUT2D eigenvalue weighted by Gasteiger charge is -2.35. The van der Waals surface area contributed by atoms with Crippen molar-refractivity contribution in [1.29, 1.82) is 0 Å². The molecule has 7 heteroatoms. The number of hydrogen-bond acceptors (Lipinski definition) is 4. The summed E-state index contributed by atoms with van der Waals surface area (Å²) in [4.78, 5) is 6.96. The Bertz CT molecular complexity index is 603. The van der Waals surface area contributed by atoms with Crippen molar-refractivity contribution in [2.45, 2.75) is 32.4 Å². The molecule has 152 valence electrons. The van der Waals surface area contributed by atoms with Gasteiger partial charge in [-0.1, -0.05) is 12.1 Å². The summed E-state index contributed by atoms with van der Waals surface area (Å²) in [5.74, 6) is 0.519. The van der Waals surface area contributed by atoms with Gasteiger partial charge in [0, 0.05) is 33.3 Å². The zero-order valence-corrected chi connectivity index (χ0v) is 16.9. The van der Waals surface area contributed by atoms with Gasteiger partial charge in [-0.3, -0.25) is 9.89 Å². The summed E-state index contributed by atoms with van der Waals surface area (Å²) < 4.78 is 24.7. The van der Waals surface area contributed by atoms with Crippen LogP contribution in [0.5, 0.6) is 0 Å². The fraction of sp³-hybridized carbons (Fsp3) is 0.650. The normalized spacial score (nSPS) is 17.6. The lowest BCUT2D eigenvalue weighted by Crippen LogP contribution is -2.46. The predicted molar refractivity (Wildman–Crippen MR) is 107 cm³/mol. The van der Waals surface area contributed by atoms with Crippen LogP contribution in [0.3, 0.4) is 0 Å². The molecule has 2 N–H and O–H groups in total. The largest absolute Gasteiger partial charge is 0.379 e. The summed E-state index contributed by atoms with van der Waals surface area (Å²) in [5.41, 5.74) is 0.631. The highest BCUT2D eigenvalue weighted by molar-refractivity contribution is 5.79. The highest BCUT2D eigenvalue weighted by atomic mass is 19.1. The van der Waals surface area contributed by atoms with E-state index in [1.54, 1.807) is 19.2 Å². The van der Waals surface area contributed by atoms with Crippen molar-refractivity contribution in [3.8, 4) is 0 Å². The topological polar surface area (TPSA) is 58.1 Å². The average Bonchev–Trinajstić information content (AvgIpc) is 2.67. The lowest BCUT2D eigenvalue weighted by molar-refractivity contribution is 0.0169. The van der Waals surface area contributed by atoms with Crippen LogP contribution in [-0.4, -0.2) is 69.5 Å². The maximum Gasteiger partial charge on any atom is 0.191 e. The smallest absolute Gasteiger partial charge is 0.191 e. The standard InChI is InChI=1S/C20H33FN4O2/c1-5-22-19(24-15-20(2,3)26-4)23-14-18(25-9-11-27-12-10-25)16-7-6-8-17(21)13-16/h6-8,13,18H,5,9-12,14-15H2,1-4H3,(H2,22,23,24). The van der Waals surface area contributed by atoms with Gasteiger partial charge in [-0.2, -0.15) is 0 Å². The average molecular weight is 381 g/mol. The number of nitrogens with one attached hydrogen (secondary N) is 2. The van der Waals surface area contributed by atoms with Gasteiger partial charge in [-0.15, -0.1) is 0 Å². The molecule has 1 aromatic rings. The van der Waals surface area contributed by atoms with Crippen molar-refractivity contribution >= 4 is 5.96 Å². The third-order valence-electron chi connectivity index (χ3n) is 4.70. The monoisotopic (exact) mass is 380 g/mol. The maximum absolute atomic E-state index is 13.8. The quantitative estimate of drug-likeness (QED) is 0.535. The molecule has 1 atom stereocenters. The molecule has 1 heterocycles. The van der Waals surface area contributed by atoms with Crippen LogP contribution in [0.1, 0.15) is 32.4 Å². The van der Waals surface area contributed by atoms with E-state index in [1.165, 1.54) is 6.07 Å². The van der Waals surface area contributed by atoms with Gasteiger partial charge in [0.2, 0.25) is 0 Å². The predicted octanol–water partition coefficient (Wildman–Crippen LogP) is 2.18. The summed E-state index contributed by atoms with van der Waals surface area (Å²) in [5, 5.41) is 6.68. The van der Waals surface area contributed by atoms with E-state index in [9.17, 15) is 4.39 Å². The molecule has 1 aliphatic heterocycles. The van der Waals surface area contributed by atoms with Crippen molar-refractivity contribution in [2.24, 2.45) is 4.99 Å². The van der Waals surface area contributed by atoms with Crippen LogP contribution in [0.2, 0.25) is 0 Å². The summed E-state index contributed by atoms with van der Waals surface area (Å²) >= 11 is 0. The number of ether oxygens (including phenoxy) is 2. The first-order chi connectivity index (χ1) is 12.9. The summed E-state index contributed by atoms with van der Waals surface area (Å²) in [6, 6.07) is 6.87. The minimum absolute atomic E-state index is 0.0453. The van der Waals surface area contributed by atoms with Crippen LogP contribution in [0, 0.1) is 5.82 Å². The number of morpholine rings is 1. The molecule has 0 aromatic heterocycles. The van der Waals surface area contributed by atoms with Gasteiger partial charge in [0.25, 0.3) is 0 Å². The first kappa shape index (κ1) is 21.6. The number of rotatable bonds is 8. The van der Waals surface area contributed by atoms with Crippen LogP contribution >= 0.6 is 0 Å². The highest BCUT2D eigenvalue weighted by Gasteiger charge is 2.23. The minimum atomic E-state index is -0.325. The van der Waals surface area contributed by atoms with E-state index in [2.05, 4.69) is 20.5 Å². The molecule has 1 fully saturated rings. The van der Waals surface area contributed by atoms with Crippen LogP contribution < -0.4 is 10.6 Å². The van der Waals surface area contributed by atoms with Gasteiger partial charge < -0.3 is 20.1 Å². The Labute approximate surface area is 162 Å². The van der Waals surface area contributed by atoms with Gasteiger partial charge in [0.15, 0.2) is 5.96 Å². The van der Waals surface area contributed by atoms with Crippen molar-refractivity contribution in [1.82, 2.24) is 15.5 Å². The van der Waals surface area contributed by atoms with E-state index in [1.807, 2.05) is 26.8 Å². The zero-order chi connectivity index (χ0) is 19.7. The van der Waals surface area contributed by atoms with Crippen molar-refractivity contribution in [3.63, 3.8) is 0 Å². The molecule has 2 rings (SSSR count). The van der Waals surface area contributed by atoms with Crippen LogP contribution in [0.4, 0.5) is 4.39 Å². The van der Waals surface area contributed by atoms with Gasteiger partial charge in [0.05, 0.1) is 31.4 Å². The molecule has 27 heavy (non-hydrogen) atoms. The first-order valence-electron chi connectivity index (χ1n) is 9.60. The number of methoxy groups -OCH3 is 1. The Hall–Kier alpha value is -1.70. The van der Waals surface area contributed by atoms with Crippen LogP contribution in [0.25, 0.3) is 0 Å². The van der Waals surface area contributed by atoms with Crippen LogP contribution in [0.15, 0.2) is 29.3 Å². The SMILES string of the molecule is CCNC(=NCC(C)(C)OC)NCC(c1cccc(F)c1)N1CCOCC1. The maximum atomic E-state index is 13.8. The molecule has 0 bridgehead atoms. The fourth-order valence-electron chi connectivity index (χ4n) is 2.93. The van der Waals surface area contributed by atoms with E-state index < -0.39 is 0 Å². The summed E-state index contributed by atoms with van der Waals surface area (Å²) in [7, 11) is 1.69. The molecular formula is C20H33FN4O2. The Balaban J connectivity index is 2.11. The first-order valence-corrected chi connectivity index (χ1v) is 9.60. The molecule has 6 nitrogen and oxygen atoms in total. The number of nitrogens with zero attached hydrogens (tertiary/aromatic N) is 2. The van der Waals surface area contributed by atoms with Gasteiger partial charge in [0.1, 0.15) is 5.82 Å². The van der Waals surface area contributed by atoms with E-state index in [4.69, 9.17) is 9.47 Å². The Morgan fingerprint density at radius 1 is 1.33 bits per heavy atom. The van der Waals surface area contributed by atoms with E-state index >= 15 is 0 Å². The molecule has 1 aliphatic rings. The van der Waals surface area contributed by atoms with E-state index in [0.717, 1.165) is 31.2 Å². The van der Waals surface area contributed by atoms with Crippen molar-refractivity contribution < 1.29 is 13.9 Å². The van der Waals surface area contributed by atoms with Crippen LogP contribution in [-0.2, 0) is 9.47 Å². The zero-order valence-electron chi connectivity index (χ0n) is 16.9. The second kappa shape index (κ2) is 10.6. The number of aliphatic imine (C=N–C) groups is 1. The number of halogens is 1. The van der Waals surface area contributed by atoms with Crippen molar-refractivity contribution in [2.75, 3.05) is 53.0 Å². The van der Waals surface area contributed by atoms with Gasteiger partial charge in [-0.05, 0) is 38.5 Å². The van der Waals surface area contributed by atoms with E-state index in [-0.39, 0.29) is 17.5 Å². The highest BCUT2D eigenvalue weighted by Crippen LogP contribution is 2.22. The molecule has 0 radical (unpaired) electrons. The molecule has 0 saturated carbocycles. The molecule has 1 saturated heterocycles. The summed E-state index contributed by atoms with van der Waals surface area (Å²) in [6.07, 6.45) is 0. The summed E-state index contributed by atoms with van der Waals surface area (Å²) in [6.45, 7) is 11.0. The fourth-order valence-corrected chi connectivity index (χ4v) is 2.93. The Morgan fingerprint density at radius 3 is 2.70 bits per heavy atom. The number of benzene rings is 1. The molecule has 0 amide bonds. The third kappa shape index (κ3) is 7.08. The van der Waals surface area contributed by atoms with Gasteiger partial charge >= 0.3 is 0 Å². The molecular weight excluding hydrogens is 347 g/mol. The molecule has 0 aliphatic carbocycles. The molecule has 1 aromatic carbocycles. The second-order valence-electron chi connectivity index (χ2n) is 7.26. The molecule has 0 spiro atoms. The Kier molecular flexibility index (Phi) is 8.47. The number of hydrogen-bond donors (Lipinski definition) is 2. The minimum Gasteiger partial charge on any atom is -0.379 e. The number of guanidine groups is 1. The van der Waals surface area contributed by atoms with Gasteiger partial charge in [-0.25, -0.2) is 4.39 Å². The van der Waals surface area contributed by atoms with E-state index in [0.29, 0.717) is 26.3 Å². The molecule has 1 unspecified atom stereocenters.